The maximum Gasteiger partial charge on any atom is 0.0617 e. The lowest BCUT2D eigenvalue weighted by molar-refractivity contribution is 1.07. The highest BCUT2D eigenvalue weighted by Crippen LogP contribution is 2.22. The lowest BCUT2D eigenvalue weighted by Gasteiger charge is -2.12. The average molecular weight is 239 g/mol. The Balaban J connectivity index is 2.14. The SMILES string of the molecule is C=C(Nc1ccccc1N)c1ccc(CN)cc1. The van der Waals surface area contributed by atoms with E-state index in [0.717, 1.165) is 22.5 Å². The highest BCUT2D eigenvalue weighted by molar-refractivity contribution is 5.80. The fraction of sp³-hybridized carbons (Fsp3) is 0.0667. The van der Waals surface area contributed by atoms with Gasteiger partial charge < -0.3 is 16.8 Å². The number of para-hydroxylation sites is 2. The second-order valence-corrected chi connectivity index (χ2v) is 4.09. The van der Waals surface area contributed by atoms with Crippen molar-refractivity contribution in [3.05, 3.63) is 66.2 Å². The molecule has 0 amide bonds. The summed E-state index contributed by atoms with van der Waals surface area (Å²) in [5.74, 6) is 0. The Morgan fingerprint density at radius 2 is 1.72 bits per heavy atom. The Kier molecular flexibility index (Phi) is 3.65. The Morgan fingerprint density at radius 3 is 2.33 bits per heavy atom. The van der Waals surface area contributed by atoms with Crippen molar-refractivity contribution in [1.82, 2.24) is 0 Å². The first-order valence-electron chi connectivity index (χ1n) is 5.80. The van der Waals surface area contributed by atoms with E-state index in [9.17, 15) is 0 Å². The predicted molar refractivity (Wildman–Crippen MR) is 77.8 cm³/mol. The van der Waals surface area contributed by atoms with Gasteiger partial charge in [0.2, 0.25) is 0 Å². The van der Waals surface area contributed by atoms with Crippen LogP contribution in [0.2, 0.25) is 0 Å². The molecule has 0 heterocycles. The molecule has 2 rings (SSSR count). The van der Waals surface area contributed by atoms with Crippen molar-refractivity contribution in [2.45, 2.75) is 6.54 Å². The van der Waals surface area contributed by atoms with Gasteiger partial charge in [-0.25, -0.2) is 0 Å². The van der Waals surface area contributed by atoms with E-state index in [0.29, 0.717) is 12.2 Å². The lowest BCUT2D eigenvalue weighted by Crippen LogP contribution is -2.01. The number of benzene rings is 2. The van der Waals surface area contributed by atoms with Crippen LogP contribution >= 0.6 is 0 Å². The molecule has 0 saturated carbocycles. The summed E-state index contributed by atoms with van der Waals surface area (Å²) in [6, 6.07) is 15.6. The summed E-state index contributed by atoms with van der Waals surface area (Å²) in [6.45, 7) is 4.57. The molecule has 2 aromatic carbocycles. The first kappa shape index (κ1) is 12.2. The molecular formula is C15H17N3. The zero-order valence-electron chi connectivity index (χ0n) is 10.2. The van der Waals surface area contributed by atoms with Gasteiger partial charge in [0.15, 0.2) is 0 Å². The molecular weight excluding hydrogens is 222 g/mol. The van der Waals surface area contributed by atoms with Gasteiger partial charge in [0.05, 0.1) is 11.4 Å². The first-order chi connectivity index (χ1) is 8.70. The highest BCUT2D eigenvalue weighted by atomic mass is 14.9. The number of rotatable bonds is 4. The van der Waals surface area contributed by atoms with Crippen molar-refractivity contribution in [2.24, 2.45) is 5.73 Å². The van der Waals surface area contributed by atoms with Gasteiger partial charge in [-0.2, -0.15) is 0 Å². The van der Waals surface area contributed by atoms with Crippen LogP contribution in [-0.2, 0) is 6.54 Å². The normalized spacial score (nSPS) is 10.1. The summed E-state index contributed by atoms with van der Waals surface area (Å²) in [5.41, 5.74) is 16.0. The van der Waals surface area contributed by atoms with Crippen LogP contribution < -0.4 is 16.8 Å². The van der Waals surface area contributed by atoms with Crippen molar-refractivity contribution in [3.8, 4) is 0 Å². The molecule has 18 heavy (non-hydrogen) atoms. The molecule has 0 bridgehead atoms. The second-order valence-electron chi connectivity index (χ2n) is 4.09. The van der Waals surface area contributed by atoms with E-state index in [1.807, 2.05) is 48.5 Å². The summed E-state index contributed by atoms with van der Waals surface area (Å²) in [5, 5.41) is 3.21. The van der Waals surface area contributed by atoms with Gasteiger partial charge in [-0.05, 0) is 23.3 Å². The van der Waals surface area contributed by atoms with Crippen LogP contribution in [0, 0.1) is 0 Å². The molecule has 92 valence electrons. The zero-order valence-corrected chi connectivity index (χ0v) is 10.2. The number of nitrogens with two attached hydrogens (primary N) is 2. The van der Waals surface area contributed by atoms with Gasteiger partial charge in [0, 0.05) is 12.2 Å². The van der Waals surface area contributed by atoms with Crippen molar-refractivity contribution < 1.29 is 0 Å². The summed E-state index contributed by atoms with van der Waals surface area (Å²) in [6.07, 6.45) is 0. The van der Waals surface area contributed by atoms with Crippen molar-refractivity contribution >= 4 is 17.1 Å². The molecule has 0 radical (unpaired) electrons. The quantitative estimate of drug-likeness (QED) is 0.719. The minimum Gasteiger partial charge on any atom is -0.397 e. The lowest BCUT2D eigenvalue weighted by atomic mass is 10.1. The number of nitrogens with one attached hydrogen (secondary N) is 1. The van der Waals surface area contributed by atoms with E-state index in [4.69, 9.17) is 11.5 Å². The fourth-order valence-corrected chi connectivity index (χ4v) is 1.69. The van der Waals surface area contributed by atoms with E-state index < -0.39 is 0 Å². The number of anilines is 2. The Morgan fingerprint density at radius 1 is 1.06 bits per heavy atom. The minimum atomic E-state index is 0.547. The fourth-order valence-electron chi connectivity index (χ4n) is 1.69. The van der Waals surface area contributed by atoms with Crippen LogP contribution in [0.15, 0.2) is 55.1 Å². The van der Waals surface area contributed by atoms with Crippen LogP contribution in [-0.4, -0.2) is 0 Å². The maximum atomic E-state index is 5.87. The van der Waals surface area contributed by atoms with E-state index in [2.05, 4.69) is 11.9 Å². The molecule has 0 spiro atoms. The zero-order chi connectivity index (χ0) is 13.0. The van der Waals surface area contributed by atoms with Crippen LogP contribution in [0.25, 0.3) is 5.70 Å². The second kappa shape index (κ2) is 5.38. The van der Waals surface area contributed by atoms with E-state index in [-0.39, 0.29) is 0 Å². The molecule has 0 unspecified atom stereocenters. The smallest absolute Gasteiger partial charge is 0.0617 e. The molecule has 3 heteroatoms. The topological polar surface area (TPSA) is 64.1 Å². The van der Waals surface area contributed by atoms with Crippen molar-refractivity contribution in [2.75, 3.05) is 11.1 Å². The van der Waals surface area contributed by atoms with Crippen molar-refractivity contribution in [3.63, 3.8) is 0 Å². The van der Waals surface area contributed by atoms with Crippen LogP contribution in [0.3, 0.4) is 0 Å². The van der Waals surface area contributed by atoms with Gasteiger partial charge in [0.1, 0.15) is 0 Å². The molecule has 0 aliphatic rings. The predicted octanol–water partition coefficient (Wildman–Crippen LogP) is 2.81. The standard InChI is InChI=1S/C15H17N3/c1-11(13-8-6-12(10-16)7-9-13)18-15-5-3-2-4-14(15)17/h2-9,18H,1,10,16-17H2. The van der Waals surface area contributed by atoms with Gasteiger partial charge >= 0.3 is 0 Å². The third-order valence-electron chi connectivity index (χ3n) is 2.78. The Hall–Kier alpha value is -2.26. The van der Waals surface area contributed by atoms with Gasteiger partial charge in [0.25, 0.3) is 0 Å². The molecule has 0 aliphatic heterocycles. The number of nitrogen functional groups attached to an aromatic ring is 1. The highest BCUT2D eigenvalue weighted by Gasteiger charge is 2.02. The van der Waals surface area contributed by atoms with Crippen LogP contribution in [0.4, 0.5) is 11.4 Å². The largest absolute Gasteiger partial charge is 0.397 e. The molecule has 0 atom stereocenters. The molecule has 0 saturated heterocycles. The Labute approximate surface area is 107 Å². The molecule has 3 nitrogen and oxygen atoms in total. The minimum absolute atomic E-state index is 0.547. The molecule has 0 fully saturated rings. The first-order valence-corrected chi connectivity index (χ1v) is 5.80. The average Bonchev–Trinajstić information content (AvgIpc) is 2.41. The van der Waals surface area contributed by atoms with Crippen LogP contribution in [0.5, 0.6) is 0 Å². The monoisotopic (exact) mass is 239 g/mol. The third-order valence-corrected chi connectivity index (χ3v) is 2.78. The van der Waals surface area contributed by atoms with E-state index >= 15 is 0 Å². The third kappa shape index (κ3) is 2.70. The van der Waals surface area contributed by atoms with Gasteiger partial charge in [-0.15, -0.1) is 0 Å². The summed E-state index contributed by atoms with van der Waals surface area (Å²) < 4.78 is 0. The van der Waals surface area contributed by atoms with E-state index in [1.165, 1.54) is 0 Å². The summed E-state index contributed by atoms with van der Waals surface area (Å²) >= 11 is 0. The maximum absolute atomic E-state index is 5.87. The van der Waals surface area contributed by atoms with Gasteiger partial charge in [-0.3, -0.25) is 0 Å². The number of hydrogen-bond acceptors (Lipinski definition) is 3. The van der Waals surface area contributed by atoms with Crippen molar-refractivity contribution in [1.29, 1.82) is 0 Å². The molecule has 0 aliphatic carbocycles. The van der Waals surface area contributed by atoms with E-state index in [1.54, 1.807) is 0 Å². The Bertz CT molecular complexity index is 544. The van der Waals surface area contributed by atoms with Crippen LogP contribution in [0.1, 0.15) is 11.1 Å². The molecule has 5 N–H and O–H groups in total. The summed E-state index contributed by atoms with van der Waals surface area (Å²) in [7, 11) is 0. The van der Waals surface area contributed by atoms with Gasteiger partial charge in [-0.1, -0.05) is 43.0 Å². The molecule has 0 aromatic heterocycles. The molecule has 2 aromatic rings. The summed E-state index contributed by atoms with van der Waals surface area (Å²) in [4.78, 5) is 0. The number of hydrogen-bond donors (Lipinski definition) is 3.